The molecule has 2 aliphatic rings. The summed E-state index contributed by atoms with van der Waals surface area (Å²) < 4.78 is 22.2. The second-order valence-corrected chi connectivity index (χ2v) is 13.2. The van der Waals surface area contributed by atoms with Crippen molar-refractivity contribution in [2.75, 3.05) is 0 Å². The second kappa shape index (κ2) is 10.8. The molecule has 8 bridgehead atoms. The zero-order valence-electron chi connectivity index (χ0n) is 24.6. The van der Waals surface area contributed by atoms with Gasteiger partial charge in [0.05, 0.1) is 58.3 Å². The summed E-state index contributed by atoms with van der Waals surface area (Å²) in [5, 5.41) is 0. The van der Waals surface area contributed by atoms with Crippen LogP contribution in [0.4, 0.5) is 0 Å². The third kappa shape index (κ3) is 4.52. The van der Waals surface area contributed by atoms with Gasteiger partial charge in [-0.2, -0.15) is 0 Å². The molecule has 0 aliphatic carbocycles. The van der Waals surface area contributed by atoms with Crippen molar-refractivity contribution in [2.24, 2.45) is 0 Å². The summed E-state index contributed by atoms with van der Waals surface area (Å²) in [4.78, 5) is 10.5. The average Bonchev–Trinajstić information content (AvgIpc) is 3.91. The van der Waals surface area contributed by atoms with E-state index in [1.54, 1.807) is 41.5 Å². The highest BCUT2D eigenvalue weighted by molar-refractivity contribution is 7.24. The van der Waals surface area contributed by atoms with E-state index in [4.69, 9.17) is 23.2 Å². The summed E-state index contributed by atoms with van der Waals surface area (Å²) in [7, 11) is 0. The fourth-order valence-electron chi connectivity index (χ4n) is 6.02. The SMILES string of the molecule is Cc1ccc(-c2c3nc(c(-c4ccco4)c4ccc(s4)c(-c4ccco4)c4nc(c(-c5ccco5)c5ccc2s5)C=C4)C=C3)cc1. The first-order chi connectivity index (χ1) is 22.7. The lowest BCUT2D eigenvalue weighted by Gasteiger charge is -2.05. The number of benzene rings is 1. The number of rotatable bonds is 4. The Morgan fingerprint density at radius 1 is 0.435 bits per heavy atom. The van der Waals surface area contributed by atoms with Crippen LogP contribution in [0.15, 0.2) is 117 Å². The van der Waals surface area contributed by atoms with Gasteiger partial charge in [-0.15, -0.1) is 22.7 Å². The van der Waals surface area contributed by atoms with Gasteiger partial charge >= 0.3 is 0 Å². The van der Waals surface area contributed by atoms with Gasteiger partial charge in [0.2, 0.25) is 0 Å². The summed E-state index contributed by atoms with van der Waals surface area (Å²) in [6.45, 7) is 2.11. The first kappa shape index (κ1) is 26.9. The number of hydrogen-bond donors (Lipinski definition) is 0. The molecule has 0 radical (unpaired) electrons. The maximum Gasteiger partial charge on any atom is 0.137 e. The number of thiophene rings is 2. The molecule has 0 saturated heterocycles. The first-order valence-electron chi connectivity index (χ1n) is 14.9. The van der Waals surface area contributed by atoms with Gasteiger partial charge in [-0.25, -0.2) is 9.97 Å². The highest BCUT2D eigenvalue weighted by Crippen LogP contribution is 2.43. The number of nitrogens with zero attached hydrogens (tertiary/aromatic N) is 2. The van der Waals surface area contributed by atoms with Crippen molar-refractivity contribution < 1.29 is 13.3 Å². The van der Waals surface area contributed by atoms with E-state index in [9.17, 15) is 0 Å². The lowest BCUT2D eigenvalue weighted by atomic mass is 10.0. The highest BCUT2D eigenvalue weighted by atomic mass is 32.1. The van der Waals surface area contributed by atoms with Crippen molar-refractivity contribution in [1.29, 1.82) is 0 Å². The molecule has 8 heterocycles. The van der Waals surface area contributed by atoms with Gasteiger partial charge in [0.25, 0.3) is 0 Å². The predicted molar refractivity (Wildman–Crippen MR) is 189 cm³/mol. The monoisotopic (exact) mass is 632 g/mol. The minimum atomic E-state index is 0.753. The van der Waals surface area contributed by atoms with E-state index >= 15 is 0 Å². The van der Waals surface area contributed by atoms with Gasteiger partial charge in [-0.05, 0) is 97.5 Å². The molecule has 7 aromatic rings. The molecule has 5 nitrogen and oxygen atoms in total. The summed E-state index contributed by atoms with van der Waals surface area (Å²) in [5.74, 6) is 2.28. The summed E-state index contributed by atoms with van der Waals surface area (Å²) in [5.41, 5.74) is 9.61. The Morgan fingerprint density at radius 2 is 0.804 bits per heavy atom. The Kier molecular flexibility index (Phi) is 6.33. The molecular weight excluding hydrogens is 609 g/mol. The van der Waals surface area contributed by atoms with Crippen LogP contribution in [0.5, 0.6) is 0 Å². The van der Waals surface area contributed by atoms with Crippen LogP contribution in [-0.4, -0.2) is 9.97 Å². The van der Waals surface area contributed by atoms with E-state index in [1.165, 1.54) is 5.56 Å². The third-order valence-corrected chi connectivity index (χ3v) is 10.4. The fourth-order valence-corrected chi connectivity index (χ4v) is 8.28. The first-order valence-corrected chi connectivity index (χ1v) is 16.5. The lowest BCUT2D eigenvalue weighted by molar-refractivity contribution is 0.582. The van der Waals surface area contributed by atoms with Gasteiger partial charge in [0.15, 0.2) is 0 Å². The van der Waals surface area contributed by atoms with Gasteiger partial charge in [0, 0.05) is 24.4 Å². The third-order valence-electron chi connectivity index (χ3n) is 8.15. The maximum atomic E-state index is 6.00. The normalized spacial score (nSPS) is 12.3. The van der Waals surface area contributed by atoms with Gasteiger partial charge in [-0.3, -0.25) is 0 Å². The molecule has 0 spiro atoms. The van der Waals surface area contributed by atoms with E-state index in [1.807, 2.05) is 36.4 Å². The number of hydrogen-bond acceptors (Lipinski definition) is 7. The molecule has 0 fully saturated rings. The number of furan rings is 3. The quantitative estimate of drug-likeness (QED) is 0.193. The van der Waals surface area contributed by atoms with Crippen LogP contribution in [0.2, 0.25) is 0 Å². The molecule has 7 heteroatoms. The minimum absolute atomic E-state index is 0.753. The Morgan fingerprint density at radius 3 is 1.17 bits per heavy atom. The molecule has 9 rings (SSSR count). The topological polar surface area (TPSA) is 65.2 Å². The summed E-state index contributed by atoms with van der Waals surface area (Å²) in [6, 6.07) is 28.9. The molecule has 2 aliphatic heterocycles. The molecule has 1 aromatic carbocycles. The van der Waals surface area contributed by atoms with Gasteiger partial charge < -0.3 is 13.3 Å². The van der Waals surface area contributed by atoms with Crippen LogP contribution in [0.25, 0.3) is 88.2 Å². The van der Waals surface area contributed by atoms with Crippen LogP contribution >= 0.6 is 22.7 Å². The van der Waals surface area contributed by atoms with Crippen molar-refractivity contribution in [3.8, 4) is 45.1 Å². The summed E-state index contributed by atoms with van der Waals surface area (Å²) >= 11 is 3.37. The van der Waals surface area contributed by atoms with Crippen molar-refractivity contribution in [3.63, 3.8) is 0 Å². The maximum absolute atomic E-state index is 6.00. The zero-order chi connectivity index (χ0) is 30.6. The smallest absolute Gasteiger partial charge is 0.137 e. The molecule has 0 saturated carbocycles. The molecule has 0 unspecified atom stereocenters. The standard InChI is InChI=1S/C39H24N2O3S2/c1-23-8-10-24(11-9-23)36-25-12-13-26(40-25)37(29-5-2-20-42-29)34-18-19-35(46-34)39(31-7-4-22-44-31)28-15-14-27(41-28)38(30-6-3-21-43-30)33-17-16-32(36)45-33/h2-22H,1H3. The number of fused-ring (bicyclic) bond motifs is 8. The van der Waals surface area contributed by atoms with E-state index < -0.39 is 0 Å². The average molecular weight is 633 g/mol. The molecular formula is C39H24N2O3S2. The highest BCUT2D eigenvalue weighted by Gasteiger charge is 2.20. The Labute approximate surface area is 272 Å². The Bertz CT molecular complexity index is 2430. The summed E-state index contributed by atoms with van der Waals surface area (Å²) in [6.07, 6.45) is 13.5. The lowest BCUT2D eigenvalue weighted by Crippen LogP contribution is -1.85. The molecule has 0 N–H and O–H groups in total. The zero-order valence-corrected chi connectivity index (χ0v) is 26.2. The predicted octanol–water partition coefficient (Wildman–Crippen LogP) is 11.9. The molecule has 6 aromatic heterocycles. The molecule has 220 valence electrons. The largest absolute Gasteiger partial charge is 0.464 e. The van der Waals surface area contributed by atoms with Crippen LogP contribution in [0.1, 0.15) is 28.3 Å². The van der Waals surface area contributed by atoms with E-state index in [-0.39, 0.29) is 0 Å². The molecule has 0 amide bonds. The molecule has 0 atom stereocenters. The number of aryl methyl sites for hydroxylation is 1. The minimum Gasteiger partial charge on any atom is -0.464 e. The Balaban J connectivity index is 1.48. The van der Waals surface area contributed by atoms with Crippen molar-refractivity contribution >= 4 is 65.8 Å². The Hall–Kier alpha value is -5.50. The van der Waals surface area contributed by atoms with E-state index in [0.717, 1.165) is 86.7 Å². The fraction of sp³-hybridized carbons (Fsp3) is 0.0256. The van der Waals surface area contributed by atoms with Crippen molar-refractivity contribution in [1.82, 2.24) is 9.97 Å². The van der Waals surface area contributed by atoms with E-state index in [2.05, 4.69) is 79.8 Å². The van der Waals surface area contributed by atoms with Crippen LogP contribution in [0, 0.1) is 6.92 Å². The van der Waals surface area contributed by atoms with E-state index in [0.29, 0.717) is 0 Å². The van der Waals surface area contributed by atoms with Crippen molar-refractivity contribution in [3.05, 3.63) is 132 Å². The molecule has 46 heavy (non-hydrogen) atoms. The van der Waals surface area contributed by atoms with Crippen LogP contribution in [0.3, 0.4) is 0 Å². The van der Waals surface area contributed by atoms with Crippen LogP contribution < -0.4 is 0 Å². The second-order valence-electron chi connectivity index (χ2n) is 11.1. The van der Waals surface area contributed by atoms with Gasteiger partial charge in [0.1, 0.15) is 17.3 Å². The number of aromatic nitrogens is 2. The van der Waals surface area contributed by atoms with Crippen molar-refractivity contribution in [2.45, 2.75) is 6.92 Å². The van der Waals surface area contributed by atoms with Gasteiger partial charge in [-0.1, -0.05) is 29.8 Å². The van der Waals surface area contributed by atoms with Crippen LogP contribution in [-0.2, 0) is 0 Å².